The van der Waals surface area contributed by atoms with Crippen LogP contribution in [0.3, 0.4) is 0 Å². The molecule has 0 aromatic carbocycles. The van der Waals surface area contributed by atoms with Crippen molar-refractivity contribution in [3.63, 3.8) is 0 Å². The van der Waals surface area contributed by atoms with Crippen LogP contribution in [-0.4, -0.2) is 42.8 Å². The van der Waals surface area contributed by atoms with Crippen LogP contribution >= 0.6 is 35.3 Å². The molecule has 0 bridgehead atoms. The van der Waals surface area contributed by atoms with Crippen LogP contribution in [0.5, 0.6) is 0 Å². The van der Waals surface area contributed by atoms with E-state index < -0.39 is 10.0 Å². The number of sulfonamides is 1. The van der Waals surface area contributed by atoms with E-state index in [-0.39, 0.29) is 15.2 Å². The minimum absolute atomic E-state index is 0.00428. The van der Waals surface area contributed by atoms with Gasteiger partial charge in [0.15, 0.2) is 0 Å². The number of thiocarbonyl (C=S) groups is 1. The van der Waals surface area contributed by atoms with Crippen molar-refractivity contribution in [2.45, 2.75) is 23.6 Å². The molecule has 0 saturated carbocycles. The Hall–Kier alpha value is -0.150. The van der Waals surface area contributed by atoms with Crippen molar-refractivity contribution in [1.29, 1.82) is 0 Å². The molecule has 0 aliphatic rings. The lowest BCUT2D eigenvalue weighted by Gasteiger charge is -2.25. The summed E-state index contributed by atoms with van der Waals surface area (Å²) in [5.41, 5.74) is 5.51. The molecule has 0 radical (unpaired) electrons. The molecule has 8 heteroatoms. The predicted octanol–water partition coefficient (Wildman–Crippen LogP) is 2.14. The Labute approximate surface area is 128 Å². The number of hydrogen-bond donors (Lipinski definition) is 1. The van der Waals surface area contributed by atoms with Gasteiger partial charge in [0.2, 0.25) is 0 Å². The average Bonchev–Trinajstić information content (AvgIpc) is 2.85. The summed E-state index contributed by atoms with van der Waals surface area (Å²) in [7, 11) is -1.84. The van der Waals surface area contributed by atoms with Crippen LogP contribution in [0, 0.1) is 0 Å². The summed E-state index contributed by atoms with van der Waals surface area (Å²) < 4.78 is 26.7. The lowest BCUT2D eigenvalue weighted by Crippen LogP contribution is -2.37. The van der Waals surface area contributed by atoms with Gasteiger partial charge in [0.1, 0.15) is 9.20 Å². The van der Waals surface area contributed by atoms with Gasteiger partial charge in [0, 0.05) is 18.8 Å². The van der Waals surface area contributed by atoms with Gasteiger partial charge in [-0.25, -0.2) is 8.42 Å². The van der Waals surface area contributed by atoms with Gasteiger partial charge in [-0.15, -0.1) is 11.3 Å². The molecule has 1 aromatic rings. The van der Waals surface area contributed by atoms with Gasteiger partial charge in [-0.2, -0.15) is 16.1 Å². The monoisotopic (exact) mass is 338 g/mol. The van der Waals surface area contributed by atoms with Crippen LogP contribution in [0.1, 0.15) is 18.2 Å². The highest BCUT2D eigenvalue weighted by Crippen LogP contribution is 2.26. The van der Waals surface area contributed by atoms with Gasteiger partial charge in [-0.3, -0.25) is 0 Å². The molecule has 1 rings (SSSR count). The summed E-state index contributed by atoms with van der Waals surface area (Å²) in [5.74, 6) is 0.778. The van der Waals surface area contributed by atoms with Gasteiger partial charge in [-0.05, 0) is 24.8 Å². The fourth-order valence-corrected chi connectivity index (χ4v) is 5.51. The molecule has 19 heavy (non-hydrogen) atoms. The van der Waals surface area contributed by atoms with Crippen LogP contribution in [0.4, 0.5) is 0 Å². The molecule has 1 atom stereocenters. The highest BCUT2D eigenvalue weighted by Gasteiger charge is 2.28. The van der Waals surface area contributed by atoms with E-state index in [9.17, 15) is 8.42 Å². The molecule has 0 aliphatic carbocycles. The third kappa shape index (κ3) is 3.91. The molecule has 0 fully saturated rings. The Bertz CT molecular complexity index is 539. The maximum Gasteiger partial charge on any atom is 0.252 e. The Morgan fingerprint density at radius 3 is 2.63 bits per heavy atom. The molecule has 0 saturated heterocycles. The number of thiophene rings is 1. The van der Waals surface area contributed by atoms with Crippen molar-refractivity contribution in [2.24, 2.45) is 5.73 Å². The molecule has 1 aromatic heterocycles. The van der Waals surface area contributed by atoms with Gasteiger partial charge in [-0.1, -0.05) is 19.1 Å². The fourth-order valence-electron chi connectivity index (χ4n) is 1.60. The van der Waals surface area contributed by atoms with Crippen molar-refractivity contribution in [3.05, 3.63) is 17.0 Å². The lowest BCUT2D eigenvalue weighted by molar-refractivity contribution is 0.386. The van der Waals surface area contributed by atoms with Crippen molar-refractivity contribution in [1.82, 2.24) is 4.31 Å². The Kier molecular flexibility index (Phi) is 6.25. The van der Waals surface area contributed by atoms with E-state index in [1.807, 2.05) is 13.2 Å². The first-order valence-corrected chi connectivity index (χ1v) is 9.77. The van der Waals surface area contributed by atoms with E-state index >= 15 is 0 Å². The van der Waals surface area contributed by atoms with E-state index in [0.717, 1.165) is 23.5 Å². The number of hydrogen-bond acceptors (Lipinski definition) is 5. The SMILES string of the molecule is CCC(CSC)N(C)S(=O)(=O)c1ccc(C(N)=S)s1. The van der Waals surface area contributed by atoms with Crippen LogP contribution in [0.2, 0.25) is 0 Å². The molecule has 2 N–H and O–H groups in total. The van der Waals surface area contributed by atoms with Crippen molar-refractivity contribution >= 4 is 50.3 Å². The van der Waals surface area contributed by atoms with Crippen LogP contribution in [-0.2, 0) is 10.0 Å². The van der Waals surface area contributed by atoms with E-state index in [4.69, 9.17) is 18.0 Å². The second kappa shape index (κ2) is 7.03. The first-order chi connectivity index (χ1) is 8.84. The summed E-state index contributed by atoms with van der Waals surface area (Å²) in [6.45, 7) is 1.99. The van der Waals surface area contributed by atoms with Crippen molar-refractivity contribution < 1.29 is 8.42 Å². The van der Waals surface area contributed by atoms with Crippen LogP contribution in [0.15, 0.2) is 16.3 Å². The summed E-state index contributed by atoms with van der Waals surface area (Å²) >= 11 is 7.62. The zero-order valence-electron chi connectivity index (χ0n) is 11.1. The molecular weight excluding hydrogens is 320 g/mol. The predicted molar refractivity (Wildman–Crippen MR) is 87.6 cm³/mol. The fraction of sp³-hybridized carbons (Fsp3) is 0.545. The number of nitrogens with zero attached hydrogens (tertiary/aromatic N) is 1. The highest BCUT2D eigenvalue weighted by molar-refractivity contribution is 7.98. The van der Waals surface area contributed by atoms with E-state index in [1.165, 1.54) is 4.31 Å². The lowest BCUT2D eigenvalue weighted by atomic mass is 10.3. The third-order valence-electron chi connectivity index (χ3n) is 2.80. The Morgan fingerprint density at radius 1 is 1.58 bits per heavy atom. The van der Waals surface area contributed by atoms with Crippen LogP contribution < -0.4 is 5.73 Å². The smallest absolute Gasteiger partial charge is 0.252 e. The maximum atomic E-state index is 12.5. The first-order valence-electron chi connectivity index (χ1n) is 5.71. The summed E-state index contributed by atoms with van der Waals surface area (Å²) in [6, 6.07) is 3.22. The summed E-state index contributed by atoms with van der Waals surface area (Å²) in [4.78, 5) is 0.852. The molecule has 0 spiro atoms. The minimum atomic E-state index is -3.46. The second-order valence-corrected chi connectivity index (χ2v) is 8.68. The summed E-state index contributed by atoms with van der Waals surface area (Å²) in [5, 5.41) is 0. The normalized spacial score (nSPS) is 13.7. The molecule has 1 unspecified atom stereocenters. The first kappa shape index (κ1) is 16.9. The van der Waals surface area contributed by atoms with E-state index in [2.05, 4.69) is 0 Å². The molecule has 0 aliphatic heterocycles. The molecule has 108 valence electrons. The van der Waals surface area contributed by atoms with Gasteiger partial charge < -0.3 is 5.73 Å². The van der Waals surface area contributed by atoms with Crippen molar-refractivity contribution in [3.8, 4) is 0 Å². The largest absolute Gasteiger partial charge is 0.389 e. The number of nitrogens with two attached hydrogens (primary N) is 1. The van der Waals surface area contributed by atoms with Gasteiger partial charge in [0.05, 0.1) is 4.88 Å². The standard InChI is InChI=1S/C11H18N2O2S4/c1-4-8(7-17-3)13(2)19(14,15)10-6-5-9(18-10)11(12)16/h5-6,8H,4,7H2,1-3H3,(H2,12,16). The van der Waals surface area contributed by atoms with E-state index in [0.29, 0.717) is 4.88 Å². The van der Waals surface area contributed by atoms with E-state index in [1.54, 1.807) is 30.9 Å². The molecular formula is C11H18N2O2S4. The quantitative estimate of drug-likeness (QED) is 0.772. The van der Waals surface area contributed by atoms with Gasteiger partial charge in [0.25, 0.3) is 10.0 Å². The molecule has 4 nitrogen and oxygen atoms in total. The third-order valence-corrected chi connectivity index (χ3v) is 7.37. The maximum absolute atomic E-state index is 12.5. The average molecular weight is 339 g/mol. The van der Waals surface area contributed by atoms with Gasteiger partial charge >= 0.3 is 0 Å². The Morgan fingerprint density at radius 2 is 2.21 bits per heavy atom. The van der Waals surface area contributed by atoms with Crippen molar-refractivity contribution in [2.75, 3.05) is 19.1 Å². The Balaban J connectivity index is 3.04. The minimum Gasteiger partial charge on any atom is -0.389 e. The van der Waals surface area contributed by atoms with Crippen LogP contribution in [0.25, 0.3) is 0 Å². The second-order valence-electron chi connectivity index (χ2n) is 4.02. The zero-order chi connectivity index (χ0) is 14.6. The summed E-state index contributed by atoms with van der Waals surface area (Å²) in [6.07, 6.45) is 2.75. The zero-order valence-corrected chi connectivity index (χ0v) is 14.4. The highest BCUT2D eigenvalue weighted by atomic mass is 32.2. The molecule has 1 heterocycles. The number of rotatable bonds is 7. The molecule has 0 amide bonds. The topological polar surface area (TPSA) is 63.4 Å². The number of thioether (sulfide) groups is 1.